The standard InChI is InChI=1S/C20H16ClN3O4S/c1-25-16-9-5-7-14(17(16)26-2)19-22-12(11-29-19)10-27-20-23-18(24-28-20)13-6-3-4-8-15(13)21/h3-9,11H,10H2,1-2H3. The van der Waals surface area contributed by atoms with Crippen LogP contribution in [0.4, 0.5) is 0 Å². The number of ether oxygens (including phenoxy) is 3. The minimum absolute atomic E-state index is 0.0495. The molecule has 0 aliphatic carbocycles. The molecular formula is C20H16ClN3O4S. The van der Waals surface area contributed by atoms with Gasteiger partial charge in [-0.3, -0.25) is 4.52 Å². The monoisotopic (exact) mass is 429 g/mol. The van der Waals surface area contributed by atoms with Gasteiger partial charge in [0.2, 0.25) is 5.82 Å². The average molecular weight is 430 g/mol. The van der Waals surface area contributed by atoms with Crippen molar-refractivity contribution >= 4 is 22.9 Å². The van der Waals surface area contributed by atoms with E-state index in [-0.39, 0.29) is 12.7 Å². The normalized spacial score (nSPS) is 10.7. The van der Waals surface area contributed by atoms with Crippen LogP contribution >= 0.6 is 22.9 Å². The van der Waals surface area contributed by atoms with Crippen molar-refractivity contribution in [2.75, 3.05) is 14.2 Å². The Kier molecular flexibility index (Phi) is 5.64. The van der Waals surface area contributed by atoms with E-state index in [0.29, 0.717) is 27.9 Å². The molecule has 4 aromatic rings. The number of thiazole rings is 1. The molecule has 0 saturated carbocycles. The van der Waals surface area contributed by atoms with E-state index >= 15 is 0 Å². The zero-order valence-electron chi connectivity index (χ0n) is 15.6. The van der Waals surface area contributed by atoms with E-state index in [4.69, 9.17) is 30.3 Å². The van der Waals surface area contributed by atoms with Crippen LogP contribution in [0.5, 0.6) is 17.6 Å². The summed E-state index contributed by atoms with van der Waals surface area (Å²) in [7, 11) is 3.20. The van der Waals surface area contributed by atoms with E-state index in [1.54, 1.807) is 20.3 Å². The quantitative estimate of drug-likeness (QED) is 0.403. The molecule has 2 heterocycles. The van der Waals surface area contributed by atoms with Crippen LogP contribution in [-0.4, -0.2) is 29.3 Å². The van der Waals surface area contributed by atoms with Gasteiger partial charge in [0.15, 0.2) is 11.5 Å². The van der Waals surface area contributed by atoms with Crippen LogP contribution in [-0.2, 0) is 6.61 Å². The minimum atomic E-state index is 0.0495. The highest BCUT2D eigenvalue weighted by Gasteiger charge is 2.16. The first-order valence-corrected chi connectivity index (χ1v) is 9.82. The van der Waals surface area contributed by atoms with Gasteiger partial charge in [0.05, 0.1) is 30.5 Å². The predicted octanol–water partition coefficient (Wildman–Crippen LogP) is 5.11. The van der Waals surface area contributed by atoms with Crippen molar-refractivity contribution in [3.05, 3.63) is 58.6 Å². The third kappa shape index (κ3) is 4.03. The number of methoxy groups -OCH3 is 2. The molecule has 0 radical (unpaired) electrons. The fraction of sp³-hybridized carbons (Fsp3) is 0.150. The Hall–Kier alpha value is -3.10. The van der Waals surface area contributed by atoms with E-state index in [2.05, 4.69) is 15.1 Å². The van der Waals surface area contributed by atoms with Crippen molar-refractivity contribution in [2.24, 2.45) is 0 Å². The molecular weight excluding hydrogens is 414 g/mol. The largest absolute Gasteiger partial charge is 0.493 e. The second kappa shape index (κ2) is 8.50. The van der Waals surface area contributed by atoms with Gasteiger partial charge in [-0.25, -0.2) is 4.98 Å². The van der Waals surface area contributed by atoms with Gasteiger partial charge in [-0.1, -0.05) is 35.0 Å². The molecule has 7 nitrogen and oxygen atoms in total. The molecule has 2 aromatic heterocycles. The highest BCUT2D eigenvalue weighted by Crippen LogP contribution is 2.39. The maximum atomic E-state index is 6.16. The van der Waals surface area contributed by atoms with Crippen molar-refractivity contribution in [3.63, 3.8) is 0 Å². The van der Waals surface area contributed by atoms with Gasteiger partial charge in [-0.15, -0.1) is 11.3 Å². The van der Waals surface area contributed by atoms with Crippen molar-refractivity contribution in [2.45, 2.75) is 6.61 Å². The fourth-order valence-electron chi connectivity index (χ4n) is 2.71. The minimum Gasteiger partial charge on any atom is -0.493 e. The van der Waals surface area contributed by atoms with Crippen molar-refractivity contribution < 1.29 is 18.7 Å². The Labute approximate surface area is 175 Å². The number of halogens is 1. The van der Waals surface area contributed by atoms with Crippen LogP contribution < -0.4 is 14.2 Å². The van der Waals surface area contributed by atoms with Crippen LogP contribution in [0, 0.1) is 0 Å². The summed E-state index contributed by atoms with van der Waals surface area (Å²) in [6.07, 6.45) is 0.0495. The maximum absolute atomic E-state index is 6.16. The zero-order valence-corrected chi connectivity index (χ0v) is 17.2. The summed E-state index contributed by atoms with van der Waals surface area (Å²) in [5, 5.41) is 7.14. The predicted molar refractivity (Wildman–Crippen MR) is 110 cm³/mol. The summed E-state index contributed by atoms with van der Waals surface area (Å²) in [6, 6.07) is 12.9. The average Bonchev–Trinajstić information content (AvgIpc) is 3.41. The zero-order chi connectivity index (χ0) is 20.2. The number of benzene rings is 2. The number of hydrogen-bond acceptors (Lipinski definition) is 8. The lowest BCUT2D eigenvalue weighted by atomic mass is 10.2. The molecule has 0 amide bonds. The maximum Gasteiger partial charge on any atom is 0.418 e. The lowest BCUT2D eigenvalue weighted by molar-refractivity contribution is 0.193. The molecule has 0 fully saturated rings. The molecule has 2 aromatic carbocycles. The first kappa shape index (κ1) is 19.2. The molecule has 0 saturated heterocycles. The second-order valence-corrected chi connectivity index (χ2v) is 7.10. The van der Waals surface area contributed by atoms with Crippen LogP contribution in [0.15, 0.2) is 52.4 Å². The molecule has 148 valence electrons. The Morgan fingerprint density at radius 1 is 1.00 bits per heavy atom. The van der Waals surface area contributed by atoms with Crippen LogP contribution in [0.1, 0.15) is 5.69 Å². The van der Waals surface area contributed by atoms with Gasteiger partial charge in [0, 0.05) is 10.9 Å². The van der Waals surface area contributed by atoms with Crippen LogP contribution in [0.2, 0.25) is 5.02 Å². The third-order valence-electron chi connectivity index (χ3n) is 4.05. The lowest BCUT2D eigenvalue weighted by Gasteiger charge is -2.10. The van der Waals surface area contributed by atoms with Crippen molar-refractivity contribution in [3.8, 4) is 39.5 Å². The Morgan fingerprint density at radius 2 is 1.83 bits per heavy atom. The van der Waals surface area contributed by atoms with Crippen molar-refractivity contribution in [1.29, 1.82) is 0 Å². The molecule has 0 aliphatic heterocycles. The summed E-state index contributed by atoms with van der Waals surface area (Å²) < 4.78 is 21.6. The molecule has 9 heteroatoms. The van der Waals surface area contributed by atoms with Crippen LogP contribution in [0.3, 0.4) is 0 Å². The van der Waals surface area contributed by atoms with Gasteiger partial charge in [-0.2, -0.15) is 4.98 Å². The summed E-state index contributed by atoms with van der Waals surface area (Å²) in [5.41, 5.74) is 2.25. The van der Waals surface area contributed by atoms with Gasteiger partial charge in [0.1, 0.15) is 11.6 Å². The Bertz CT molecular complexity index is 1130. The first-order valence-electron chi connectivity index (χ1n) is 8.56. The Balaban J connectivity index is 1.48. The molecule has 29 heavy (non-hydrogen) atoms. The van der Waals surface area contributed by atoms with E-state index in [9.17, 15) is 0 Å². The lowest BCUT2D eigenvalue weighted by Crippen LogP contribution is -1.96. The van der Waals surface area contributed by atoms with E-state index in [1.807, 2.05) is 41.8 Å². The van der Waals surface area contributed by atoms with Gasteiger partial charge < -0.3 is 14.2 Å². The highest BCUT2D eigenvalue weighted by molar-refractivity contribution is 7.13. The van der Waals surface area contributed by atoms with Gasteiger partial charge in [-0.05, 0) is 24.3 Å². The number of nitrogens with zero attached hydrogens (tertiary/aromatic N) is 3. The SMILES string of the molecule is COc1cccc(-c2nc(COc3nc(-c4ccccc4Cl)no3)cs2)c1OC. The van der Waals surface area contributed by atoms with Gasteiger partial charge in [0.25, 0.3) is 0 Å². The Morgan fingerprint density at radius 3 is 2.62 bits per heavy atom. The molecule has 0 aliphatic rings. The summed E-state index contributed by atoms with van der Waals surface area (Å²) in [5.74, 6) is 1.65. The van der Waals surface area contributed by atoms with Crippen LogP contribution in [0.25, 0.3) is 22.0 Å². The van der Waals surface area contributed by atoms with E-state index < -0.39 is 0 Å². The van der Waals surface area contributed by atoms with Crippen molar-refractivity contribution in [1.82, 2.24) is 15.1 Å². The first-order chi connectivity index (χ1) is 14.2. The molecule has 0 unspecified atom stereocenters. The van der Waals surface area contributed by atoms with E-state index in [1.165, 1.54) is 11.3 Å². The fourth-order valence-corrected chi connectivity index (χ4v) is 3.75. The number of hydrogen-bond donors (Lipinski definition) is 0. The van der Waals surface area contributed by atoms with E-state index in [0.717, 1.165) is 16.3 Å². The topological polar surface area (TPSA) is 79.5 Å². The second-order valence-electron chi connectivity index (χ2n) is 5.84. The molecule has 0 spiro atoms. The molecule has 4 rings (SSSR count). The summed E-state index contributed by atoms with van der Waals surface area (Å²) >= 11 is 7.64. The molecule has 0 atom stereocenters. The highest BCUT2D eigenvalue weighted by atomic mass is 35.5. The van der Waals surface area contributed by atoms with Gasteiger partial charge >= 0.3 is 6.08 Å². The number of rotatable bonds is 7. The third-order valence-corrected chi connectivity index (χ3v) is 5.30. The molecule has 0 bridgehead atoms. The summed E-state index contributed by atoms with van der Waals surface area (Å²) in [4.78, 5) is 8.83. The molecule has 0 N–H and O–H groups in total. The summed E-state index contributed by atoms with van der Waals surface area (Å²) in [6.45, 7) is 0.187. The number of para-hydroxylation sites is 1. The number of aromatic nitrogens is 3. The smallest absolute Gasteiger partial charge is 0.418 e.